The van der Waals surface area contributed by atoms with Crippen molar-refractivity contribution in [3.8, 4) is 0 Å². The molecule has 0 aliphatic heterocycles. The normalized spacial score (nSPS) is 13.0. The number of rotatable bonds is 3. The number of halogens is 1. The smallest absolute Gasteiger partial charge is 0.427 e. The molecule has 84 valence electrons. The highest BCUT2D eigenvalue weighted by atomic mass is 35.5. The van der Waals surface area contributed by atoms with Crippen LogP contribution in [0.25, 0.3) is 5.65 Å². The fraction of sp³-hybridized carbons (Fsp3) is 0.333. The van der Waals surface area contributed by atoms with Crippen LogP contribution in [0.15, 0.2) is 18.5 Å². The van der Waals surface area contributed by atoms with Gasteiger partial charge in [0.25, 0.3) is 0 Å². The van der Waals surface area contributed by atoms with Crippen molar-refractivity contribution >= 4 is 24.4 Å². The molecule has 7 heteroatoms. The van der Waals surface area contributed by atoms with E-state index in [2.05, 4.69) is 10.1 Å². The molecular formula is C9H11BClN3O2. The molecule has 1 unspecified atom stereocenters. The Bertz CT molecular complexity index is 502. The largest absolute Gasteiger partial charge is 0.452 e. The van der Waals surface area contributed by atoms with Crippen LogP contribution in [0.1, 0.15) is 18.4 Å². The van der Waals surface area contributed by atoms with Gasteiger partial charge in [-0.15, -0.1) is 0 Å². The molecule has 0 aliphatic carbocycles. The van der Waals surface area contributed by atoms with Crippen molar-refractivity contribution in [2.24, 2.45) is 0 Å². The van der Waals surface area contributed by atoms with Gasteiger partial charge < -0.3 is 10.0 Å². The summed E-state index contributed by atoms with van der Waals surface area (Å²) in [7, 11) is -1.34. The van der Waals surface area contributed by atoms with Crippen LogP contribution in [0.4, 0.5) is 0 Å². The first-order valence-electron chi connectivity index (χ1n) is 4.94. The summed E-state index contributed by atoms with van der Waals surface area (Å²) in [4.78, 5) is 4.17. The third kappa shape index (κ3) is 2.19. The van der Waals surface area contributed by atoms with Gasteiger partial charge in [-0.1, -0.05) is 18.5 Å². The fourth-order valence-corrected chi connectivity index (χ4v) is 1.91. The van der Waals surface area contributed by atoms with E-state index < -0.39 is 7.12 Å². The molecule has 2 rings (SSSR count). The number of hydrogen-bond donors (Lipinski definition) is 2. The van der Waals surface area contributed by atoms with E-state index in [1.54, 1.807) is 23.0 Å². The number of hydrogen-bond acceptors (Lipinski definition) is 4. The third-order valence-corrected chi connectivity index (χ3v) is 2.64. The zero-order valence-corrected chi connectivity index (χ0v) is 9.46. The molecule has 5 nitrogen and oxygen atoms in total. The zero-order chi connectivity index (χ0) is 11.7. The van der Waals surface area contributed by atoms with E-state index in [0.717, 1.165) is 5.56 Å². The van der Waals surface area contributed by atoms with Gasteiger partial charge in [-0.25, -0.2) is 9.50 Å². The third-order valence-electron chi connectivity index (χ3n) is 2.45. The Morgan fingerprint density at radius 2 is 2.31 bits per heavy atom. The standard InChI is InChI=1S/C9H11BClN3O2/c1-6(5-10(15)16)7-4-8(11)13-14-3-2-12-9(7)14/h2-4,6,15-16H,5H2,1H3. The van der Waals surface area contributed by atoms with Crippen molar-refractivity contribution in [3.63, 3.8) is 0 Å². The van der Waals surface area contributed by atoms with E-state index in [4.69, 9.17) is 21.6 Å². The molecular weight excluding hydrogens is 228 g/mol. The average molecular weight is 239 g/mol. The van der Waals surface area contributed by atoms with Crippen LogP contribution in [0.2, 0.25) is 11.5 Å². The van der Waals surface area contributed by atoms with E-state index in [1.807, 2.05) is 6.92 Å². The molecule has 0 radical (unpaired) electrons. The molecule has 2 N–H and O–H groups in total. The van der Waals surface area contributed by atoms with Gasteiger partial charge in [0, 0.05) is 18.0 Å². The Balaban J connectivity index is 2.45. The van der Waals surface area contributed by atoms with Gasteiger partial charge in [0.2, 0.25) is 0 Å². The molecule has 0 spiro atoms. The highest BCUT2D eigenvalue weighted by Crippen LogP contribution is 2.25. The number of fused-ring (bicyclic) bond motifs is 1. The maximum absolute atomic E-state index is 8.96. The van der Waals surface area contributed by atoms with Gasteiger partial charge in [-0.2, -0.15) is 5.10 Å². The van der Waals surface area contributed by atoms with Crippen molar-refractivity contribution in [3.05, 3.63) is 29.2 Å². The Hall–Kier alpha value is -1.11. The van der Waals surface area contributed by atoms with Gasteiger partial charge in [0.1, 0.15) is 5.15 Å². The fourth-order valence-electron chi connectivity index (χ4n) is 1.71. The second-order valence-electron chi connectivity index (χ2n) is 3.74. The van der Waals surface area contributed by atoms with Gasteiger partial charge in [0.05, 0.1) is 0 Å². The van der Waals surface area contributed by atoms with Crippen LogP contribution in [0.5, 0.6) is 0 Å². The van der Waals surface area contributed by atoms with Crippen molar-refractivity contribution in [2.45, 2.75) is 19.2 Å². The van der Waals surface area contributed by atoms with E-state index in [9.17, 15) is 0 Å². The molecule has 2 aromatic rings. The maximum atomic E-state index is 8.96. The molecule has 2 aromatic heterocycles. The predicted molar refractivity (Wildman–Crippen MR) is 61.4 cm³/mol. The SMILES string of the molecule is CC(CB(O)O)c1cc(Cl)nn2ccnc12. The van der Waals surface area contributed by atoms with E-state index in [0.29, 0.717) is 10.8 Å². The van der Waals surface area contributed by atoms with Gasteiger partial charge in [-0.3, -0.25) is 0 Å². The maximum Gasteiger partial charge on any atom is 0.452 e. The van der Waals surface area contributed by atoms with E-state index in [-0.39, 0.29) is 12.2 Å². The minimum Gasteiger partial charge on any atom is -0.427 e. The van der Waals surface area contributed by atoms with Crippen molar-refractivity contribution in [1.82, 2.24) is 14.6 Å². The minimum atomic E-state index is -1.34. The van der Waals surface area contributed by atoms with Gasteiger partial charge in [0.15, 0.2) is 5.65 Å². The number of imidazole rings is 1. The highest BCUT2D eigenvalue weighted by molar-refractivity contribution is 6.41. The lowest BCUT2D eigenvalue weighted by Crippen LogP contribution is -2.14. The van der Waals surface area contributed by atoms with Crippen LogP contribution in [-0.2, 0) is 0 Å². The molecule has 0 amide bonds. The molecule has 16 heavy (non-hydrogen) atoms. The second kappa shape index (κ2) is 4.41. The summed E-state index contributed by atoms with van der Waals surface area (Å²) in [5.74, 6) is -0.0506. The lowest BCUT2D eigenvalue weighted by Gasteiger charge is -2.12. The summed E-state index contributed by atoms with van der Waals surface area (Å²) in [6, 6.07) is 1.71. The molecule has 0 fully saturated rings. The summed E-state index contributed by atoms with van der Waals surface area (Å²) in [6.45, 7) is 1.89. The quantitative estimate of drug-likeness (QED) is 0.783. The first-order chi connectivity index (χ1) is 7.58. The van der Waals surface area contributed by atoms with Crippen molar-refractivity contribution in [1.29, 1.82) is 0 Å². The first kappa shape index (κ1) is 11.4. The predicted octanol–water partition coefficient (Wildman–Crippen LogP) is 0.959. The van der Waals surface area contributed by atoms with Crippen molar-refractivity contribution < 1.29 is 10.0 Å². The van der Waals surface area contributed by atoms with Crippen LogP contribution in [-0.4, -0.2) is 31.8 Å². The topological polar surface area (TPSA) is 70.7 Å². The molecule has 2 heterocycles. The zero-order valence-electron chi connectivity index (χ0n) is 8.71. The highest BCUT2D eigenvalue weighted by Gasteiger charge is 2.18. The van der Waals surface area contributed by atoms with Crippen molar-refractivity contribution in [2.75, 3.05) is 0 Å². The van der Waals surface area contributed by atoms with Crippen LogP contribution < -0.4 is 0 Å². The van der Waals surface area contributed by atoms with E-state index >= 15 is 0 Å². The molecule has 0 aromatic carbocycles. The lowest BCUT2D eigenvalue weighted by molar-refractivity contribution is 0.400. The van der Waals surface area contributed by atoms with Crippen LogP contribution >= 0.6 is 11.6 Å². The Labute approximate surface area is 97.8 Å². The molecule has 0 aliphatic rings. The lowest BCUT2D eigenvalue weighted by atomic mass is 9.77. The minimum absolute atomic E-state index is 0.0506. The summed E-state index contributed by atoms with van der Waals surface area (Å²) in [5.41, 5.74) is 1.55. The second-order valence-corrected chi connectivity index (χ2v) is 4.12. The van der Waals surface area contributed by atoms with Crippen LogP contribution in [0, 0.1) is 0 Å². The van der Waals surface area contributed by atoms with Gasteiger partial charge >= 0.3 is 7.12 Å². The van der Waals surface area contributed by atoms with Crippen LogP contribution in [0.3, 0.4) is 0 Å². The Morgan fingerprint density at radius 1 is 1.56 bits per heavy atom. The molecule has 0 bridgehead atoms. The Morgan fingerprint density at radius 3 is 3.00 bits per heavy atom. The average Bonchev–Trinajstić information content (AvgIpc) is 2.62. The summed E-state index contributed by atoms with van der Waals surface area (Å²) < 4.78 is 1.58. The molecule has 1 atom stereocenters. The van der Waals surface area contributed by atoms with E-state index in [1.165, 1.54) is 0 Å². The summed E-state index contributed by atoms with van der Waals surface area (Å²) in [5, 5.41) is 22.3. The number of nitrogens with zero attached hydrogens (tertiary/aromatic N) is 3. The monoisotopic (exact) mass is 239 g/mol. The molecule has 0 saturated carbocycles. The first-order valence-corrected chi connectivity index (χ1v) is 5.31. The molecule has 0 saturated heterocycles. The van der Waals surface area contributed by atoms with Gasteiger partial charge in [-0.05, 0) is 18.3 Å². The summed E-state index contributed by atoms with van der Waals surface area (Å²) in [6.07, 6.45) is 3.57. The Kier molecular flexibility index (Phi) is 3.14. The summed E-state index contributed by atoms with van der Waals surface area (Å²) >= 11 is 5.88. The number of aromatic nitrogens is 3.